The number of carbonyl (C=O) groups excluding carboxylic acids is 3. The van der Waals surface area contributed by atoms with Crippen LogP contribution in [0.3, 0.4) is 0 Å². The van der Waals surface area contributed by atoms with Crippen LogP contribution in [0.5, 0.6) is 5.75 Å². The Bertz CT molecular complexity index is 1310. The molecule has 3 heterocycles. The van der Waals surface area contributed by atoms with Crippen LogP contribution in [0.4, 0.5) is 5.69 Å². The number of likely N-dealkylation sites (tertiary alicyclic amines) is 1. The third kappa shape index (κ3) is 4.59. The monoisotopic (exact) mass is 549 g/mol. The summed E-state index contributed by atoms with van der Waals surface area (Å²) in [5, 5.41) is 6.61. The van der Waals surface area contributed by atoms with E-state index >= 15 is 0 Å². The molecule has 9 heteroatoms. The fourth-order valence-electron chi connectivity index (χ4n) is 6.68. The summed E-state index contributed by atoms with van der Waals surface area (Å²) >= 11 is 6.11. The number of rotatable bonds is 7. The molecule has 1 spiro atoms. The summed E-state index contributed by atoms with van der Waals surface area (Å²) in [7, 11) is 1.60. The van der Waals surface area contributed by atoms with E-state index < -0.39 is 29.6 Å². The van der Waals surface area contributed by atoms with Crippen molar-refractivity contribution in [2.45, 2.75) is 62.4 Å². The Labute approximate surface area is 232 Å². The smallest absolute Gasteiger partial charge is 0.246 e. The van der Waals surface area contributed by atoms with Crippen LogP contribution in [0.2, 0.25) is 5.02 Å². The summed E-state index contributed by atoms with van der Waals surface area (Å²) in [5.74, 6) is -1.69. The number of nitrogens with zero attached hydrogens (tertiary/aromatic N) is 1. The van der Waals surface area contributed by atoms with Crippen molar-refractivity contribution in [2.24, 2.45) is 11.8 Å². The molecule has 1 saturated carbocycles. The fraction of sp³-hybridized carbons (Fsp3) is 0.433. The lowest BCUT2D eigenvalue weighted by atomic mass is 9.74. The van der Waals surface area contributed by atoms with Crippen LogP contribution in [-0.4, -0.2) is 53.5 Å². The molecule has 1 aliphatic carbocycles. The number of hydrogen-bond acceptors (Lipinski definition) is 5. The summed E-state index contributed by atoms with van der Waals surface area (Å²) in [6, 6.07) is 13.5. The molecular formula is C30H32ClN3O5. The lowest BCUT2D eigenvalue weighted by molar-refractivity contribution is -0.142. The first-order valence-corrected chi connectivity index (χ1v) is 13.9. The van der Waals surface area contributed by atoms with Crippen LogP contribution in [0, 0.1) is 11.8 Å². The average molecular weight is 550 g/mol. The van der Waals surface area contributed by atoms with E-state index in [0.717, 1.165) is 31.2 Å². The zero-order chi connectivity index (χ0) is 27.1. The number of fused-ring (bicyclic) bond motifs is 1. The molecule has 39 heavy (non-hydrogen) atoms. The quantitative estimate of drug-likeness (QED) is 0.507. The van der Waals surface area contributed by atoms with Crippen molar-refractivity contribution in [3.63, 3.8) is 0 Å². The highest BCUT2D eigenvalue weighted by Crippen LogP contribution is 2.55. The van der Waals surface area contributed by atoms with Gasteiger partial charge >= 0.3 is 0 Å². The van der Waals surface area contributed by atoms with Gasteiger partial charge in [-0.25, -0.2) is 0 Å². The first-order valence-electron chi connectivity index (χ1n) is 13.6. The SMILES string of the molecule is COc1ccc(CN2C(=O)C3C(C(=O)Nc4cccc(Cl)c4)C4C=CC3(O4)C2C(=O)NC2CCCCC2)cc1. The third-order valence-corrected chi connectivity index (χ3v) is 8.72. The van der Waals surface area contributed by atoms with E-state index in [2.05, 4.69) is 10.6 Å². The predicted octanol–water partition coefficient (Wildman–Crippen LogP) is 4.09. The van der Waals surface area contributed by atoms with Gasteiger partial charge in [0.15, 0.2) is 0 Å². The number of halogens is 1. The number of amides is 3. The maximum Gasteiger partial charge on any atom is 0.246 e. The molecule has 204 valence electrons. The zero-order valence-corrected chi connectivity index (χ0v) is 22.5. The van der Waals surface area contributed by atoms with Crippen LogP contribution in [-0.2, 0) is 25.7 Å². The Morgan fingerprint density at radius 3 is 2.59 bits per heavy atom. The first-order chi connectivity index (χ1) is 18.9. The van der Waals surface area contributed by atoms with Crippen molar-refractivity contribution < 1.29 is 23.9 Å². The molecule has 0 aromatic heterocycles. The summed E-state index contributed by atoms with van der Waals surface area (Å²) in [6.45, 7) is 0.217. The lowest BCUT2D eigenvalue weighted by Crippen LogP contribution is -2.56. The molecule has 2 N–H and O–H groups in total. The van der Waals surface area contributed by atoms with Crippen molar-refractivity contribution in [1.82, 2.24) is 10.2 Å². The van der Waals surface area contributed by atoms with Crippen molar-refractivity contribution in [1.29, 1.82) is 0 Å². The van der Waals surface area contributed by atoms with E-state index in [1.54, 1.807) is 36.3 Å². The third-order valence-electron chi connectivity index (χ3n) is 8.48. The molecule has 2 saturated heterocycles. The second kappa shape index (κ2) is 10.3. The minimum atomic E-state index is -1.21. The van der Waals surface area contributed by atoms with Crippen LogP contribution in [0.25, 0.3) is 0 Å². The normalized spacial score (nSPS) is 29.4. The van der Waals surface area contributed by atoms with Crippen molar-refractivity contribution >= 4 is 35.0 Å². The highest BCUT2D eigenvalue weighted by molar-refractivity contribution is 6.30. The first kappa shape index (κ1) is 25.9. The second-order valence-corrected chi connectivity index (χ2v) is 11.3. The average Bonchev–Trinajstić information content (AvgIpc) is 3.57. The molecule has 5 unspecified atom stereocenters. The summed E-state index contributed by atoms with van der Waals surface area (Å²) in [6.07, 6.45) is 8.22. The van der Waals surface area contributed by atoms with E-state index in [4.69, 9.17) is 21.1 Å². The van der Waals surface area contributed by atoms with E-state index in [9.17, 15) is 14.4 Å². The van der Waals surface area contributed by atoms with E-state index in [1.165, 1.54) is 6.42 Å². The van der Waals surface area contributed by atoms with Gasteiger partial charge in [-0.2, -0.15) is 0 Å². The van der Waals surface area contributed by atoms with Gasteiger partial charge in [-0.05, 0) is 48.7 Å². The molecule has 8 nitrogen and oxygen atoms in total. The predicted molar refractivity (Wildman–Crippen MR) is 146 cm³/mol. The Balaban J connectivity index is 1.32. The topological polar surface area (TPSA) is 97.0 Å². The van der Waals surface area contributed by atoms with Crippen LogP contribution in [0.15, 0.2) is 60.7 Å². The Morgan fingerprint density at radius 2 is 1.87 bits per heavy atom. The van der Waals surface area contributed by atoms with Gasteiger partial charge in [0.2, 0.25) is 17.7 Å². The number of anilines is 1. The van der Waals surface area contributed by atoms with E-state index in [0.29, 0.717) is 16.5 Å². The van der Waals surface area contributed by atoms with Crippen molar-refractivity contribution in [3.05, 3.63) is 71.3 Å². The van der Waals surface area contributed by atoms with E-state index in [1.807, 2.05) is 36.4 Å². The van der Waals surface area contributed by atoms with Gasteiger partial charge in [-0.1, -0.05) is 61.2 Å². The van der Waals surface area contributed by atoms with Crippen LogP contribution in [0.1, 0.15) is 37.7 Å². The number of carbonyl (C=O) groups is 3. The fourth-order valence-corrected chi connectivity index (χ4v) is 6.87. The Kier molecular flexibility index (Phi) is 6.85. The molecule has 3 fully saturated rings. The molecule has 5 atom stereocenters. The zero-order valence-electron chi connectivity index (χ0n) is 21.8. The summed E-state index contributed by atoms with van der Waals surface area (Å²) in [5.41, 5.74) is 0.193. The number of benzene rings is 2. The molecule has 6 rings (SSSR count). The van der Waals surface area contributed by atoms with Gasteiger partial charge in [0.25, 0.3) is 0 Å². The van der Waals surface area contributed by atoms with Gasteiger partial charge in [0.1, 0.15) is 17.4 Å². The van der Waals surface area contributed by atoms with Gasteiger partial charge < -0.3 is 25.0 Å². The lowest BCUT2D eigenvalue weighted by Gasteiger charge is -2.34. The largest absolute Gasteiger partial charge is 0.497 e. The van der Waals surface area contributed by atoms with Crippen LogP contribution >= 0.6 is 11.6 Å². The van der Waals surface area contributed by atoms with Gasteiger partial charge in [0, 0.05) is 23.3 Å². The highest BCUT2D eigenvalue weighted by atomic mass is 35.5. The van der Waals surface area contributed by atoms with Crippen molar-refractivity contribution in [3.8, 4) is 5.75 Å². The second-order valence-electron chi connectivity index (χ2n) is 10.9. The minimum absolute atomic E-state index is 0.0733. The van der Waals surface area contributed by atoms with E-state index in [-0.39, 0.29) is 30.3 Å². The van der Waals surface area contributed by atoms with Gasteiger partial charge in [-0.3, -0.25) is 14.4 Å². The molecule has 0 radical (unpaired) electrons. The van der Waals surface area contributed by atoms with Gasteiger partial charge in [0.05, 0.1) is 25.0 Å². The molecule has 3 amide bonds. The molecule has 3 aliphatic heterocycles. The Morgan fingerprint density at radius 1 is 1.10 bits per heavy atom. The minimum Gasteiger partial charge on any atom is -0.497 e. The Hall–Kier alpha value is -3.36. The maximum absolute atomic E-state index is 14.1. The molecule has 2 bridgehead atoms. The number of methoxy groups -OCH3 is 1. The highest BCUT2D eigenvalue weighted by Gasteiger charge is 2.72. The molecule has 4 aliphatic rings. The van der Waals surface area contributed by atoms with Gasteiger partial charge in [-0.15, -0.1) is 0 Å². The number of hydrogen-bond donors (Lipinski definition) is 2. The molecule has 2 aromatic carbocycles. The van der Waals surface area contributed by atoms with Crippen molar-refractivity contribution in [2.75, 3.05) is 12.4 Å². The summed E-state index contributed by atoms with van der Waals surface area (Å²) in [4.78, 5) is 43.2. The molecular weight excluding hydrogens is 518 g/mol. The number of nitrogens with one attached hydrogen (secondary N) is 2. The van der Waals surface area contributed by atoms with Crippen LogP contribution < -0.4 is 15.4 Å². The summed E-state index contributed by atoms with van der Waals surface area (Å²) < 4.78 is 11.7. The molecule has 2 aromatic rings. The number of ether oxygens (including phenoxy) is 2. The standard InChI is InChI=1S/C30H32ClN3O5/c1-38-22-12-10-18(11-13-22)17-34-26(28(36)32-20-7-3-2-4-8-20)30-15-14-23(39-30)24(25(30)29(34)37)27(35)33-21-9-5-6-19(31)16-21/h5-6,9-16,20,23-26H,2-4,7-8,17H2,1H3,(H,32,36)(H,33,35). The maximum atomic E-state index is 14.1.